The fourth-order valence-electron chi connectivity index (χ4n) is 3.31. The van der Waals surface area contributed by atoms with E-state index in [1.54, 1.807) is 18.2 Å². The van der Waals surface area contributed by atoms with Crippen molar-refractivity contribution in [2.75, 3.05) is 7.11 Å². The number of halogens is 1. The summed E-state index contributed by atoms with van der Waals surface area (Å²) in [5.74, 6) is -1.60. The molecule has 0 unspecified atom stereocenters. The van der Waals surface area contributed by atoms with Gasteiger partial charge in [-0.2, -0.15) is 0 Å². The molecule has 1 amide bonds. The molecule has 0 saturated heterocycles. The highest BCUT2D eigenvalue weighted by Gasteiger charge is 2.28. The summed E-state index contributed by atoms with van der Waals surface area (Å²) in [6, 6.07) is 22.5. The first-order valence-electron chi connectivity index (χ1n) is 9.45. The summed E-state index contributed by atoms with van der Waals surface area (Å²) >= 11 is 6.15. The summed E-state index contributed by atoms with van der Waals surface area (Å²) < 4.78 is 5.13. The van der Waals surface area contributed by atoms with Gasteiger partial charge in [0.05, 0.1) is 18.1 Å². The number of methoxy groups -OCH3 is 1. The molecular weight excluding hydrogens is 402 g/mol. The molecule has 0 aliphatic carbocycles. The van der Waals surface area contributed by atoms with Crippen LogP contribution in [0.2, 0.25) is 5.02 Å². The van der Waals surface area contributed by atoms with Gasteiger partial charge in [0, 0.05) is 6.42 Å². The van der Waals surface area contributed by atoms with Gasteiger partial charge >= 0.3 is 5.97 Å². The molecule has 2 N–H and O–H groups in total. The quantitative estimate of drug-likeness (QED) is 0.566. The maximum Gasteiger partial charge on any atom is 0.326 e. The lowest BCUT2D eigenvalue weighted by Crippen LogP contribution is -2.44. The number of benzene rings is 3. The van der Waals surface area contributed by atoms with Crippen molar-refractivity contribution in [1.82, 2.24) is 5.32 Å². The van der Waals surface area contributed by atoms with Gasteiger partial charge in [-0.1, -0.05) is 78.3 Å². The maximum atomic E-state index is 13.2. The third-order valence-corrected chi connectivity index (χ3v) is 5.09. The van der Waals surface area contributed by atoms with Gasteiger partial charge in [0.2, 0.25) is 5.91 Å². The molecule has 5 nitrogen and oxygen atoms in total. The van der Waals surface area contributed by atoms with Crippen molar-refractivity contribution < 1.29 is 19.4 Å². The van der Waals surface area contributed by atoms with Crippen LogP contribution in [0, 0.1) is 0 Å². The minimum atomic E-state index is -1.12. The molecule has 1 atom stereocenters. The van der Waals surface area contributed by atoms with Crippen molar-refractivity contribution >= 4 is 23.5 Å². The number of ether oxygens (including phenoxy) is 1. The van der Waals surface area contributed by atoms with E-state index in [9.17, 15) is 14.7 Å². The molecule has 0 saturated carbocycles. The van der Waals surface area contributed by atoms with E-state index in [2.05, 4.69) is 5.32 Å². The molecule has 3 rings (SSSR count). The third kappa shape index (κ3) is 5.19. The summed E-state index contributed by atoms with van der Waals surface area (Å²) in [5, 5.41) is 12.8. The number of carbonyl (C=O) groups is 2. The van der Waals surface area contributed by atoms with Gasteiger partial charge in [-0.3, -0.25) is 4.79 Å². The largest absolute Gasteiger partial charge is 0.495 e. The number of rotatable bonds is 8. The highest BCUT2D eigenvalue weighted by molar-refractivity contribution is 6.32. The van der Waals surface area contributed by atoms with E-state index in [-0.39, 0.29) is 12.3 Å². The minimum Gasteiger partial charge on any atom is -0.495 e. The summed E-state index contributed by atoms with van der Waals surface area (Å²) in [6.45, 7) is 0. The monoisotopic (exact) mass is 423 g/mol. The topological polar surface area (TPSA) is 75.6 Å². The molecule has 0 heterocycles. The van der Waals surface area contributed by atoms with Crippen molar-refractivity contribution in [2.24, 2.45) is 0 Å². The van der Waals surface area contributed by atoms with Gasteiger partial charge in [0.15, 0.2) is 0 Å². The zero-order valence-electron chi connectivity index (χ0n) is 16.4. The lowest BCUT2D eigenvalue weighted by molar-refractivity contribution is -0.141. The second-order valence-corrected chi connectivity index (χ2v) is 7.23. The highest BCUT2D eigenvalue weighted by Crippen LogP contribution is 2.27. The molecule has 0 aliphatic rings. The third-order valence-electron chi connectivity index (χ3n) is 4.80. The van der Waals surface area contributed by atoms with Crippen molar-refractivity contribution in [1.29, 1.82) is 0 Å². The number of carbonyl (C=O) groups excluding carboxylic acids is 1. The molecule has 30 heavy (non-hydrogen) atoms. The van der Waals surface area contributed by atoms with Crippen LogP contribution >= 0.6 is 11.6 Å². The van der Waals surface area contributed by atoms with Crippen LogP contribution in [0.1, 0.15) is 22.6 Å². The average Bonchev–Trinajstić information content (AvgIpc) is 2.75. The van der Waals surface area contributed by atoms with Crippen LogP contribution in [0.25, 0.3) is 0 Å². The van der Waals surface area contributed by atoms with E-state index in [0.29, 0.717) is 16.3 Å². The lowest BCUT2D eigenvalue weighted by Gasteiger charge is -2.21. The van der Waals surface area contributed by atoms with Crippen LogP contribution in [0.3, 0.4) is 0 Å². The predicted molar refractivity (Wildman–Crippen MR) is 116 cm³/mol. The molecule has 154 valence electrons. The van der Waals surface area contributed by atoms with Crippen molar-refractivity contribution in [3.8, 4) is 5.75 Å². The van der Waals surface area contributed by atoms with Crippen molar-refractivity contribution in [3.63, 3.8) is 0 Å². The first-order chi connectivity index (χ1) is 14.5. The Hall–Kier alpha value is -3.31. The van der Waals surface area contributed by atoms with Crippen LogP contribution in [-0.2, 0) is 16.0 Å². The fraction of sp³-hybridized carbons (Fsp3) is 0.167. The Morgan fingerprint density at radius 3 is 2.00 bits per heavy atom. The van der Waals surface area contributed by atoms with E-state index in [1.807, 2.05) is 60.7 Å². The van der Waals surface area contributed by atoms with Crippen LogP contribution < -0.4 is 10.1 Å². The first-order valence-corrected chi connectivity index (χ1v) is 9.83. The van der Waals surface area contributed by atoms with Crippen molar-refractivity contribution in [2.45, 2.75) is 18.4 Å². The Morgan fingerprint density at radius 1 is 0.967 bits per heavy atom. The number of amides is 1. The summed E-state index contributed by atoms with van der Waals surface area (Å²) in [7, 11) is 1.51. The standard InChI is InChI=1S/C24H22ClNO4/c1-30-21-13-12-16(14-19(21)25)15-20(24(28)29)26-23(27)22(17-8-4-2-5-9-17)18-10-6-3-7-11-18/h2-14,20,22H,15H2,1H3,(H,26,27)(H,28,29)/t20-/m0/s1. The molecule has 0 aromatic heterocycles. The van der Waals surface area contributed by atoms with E-state index >= 15 is 0 Å². The van der Waals surface area contributed by atoms with Crippen molar-refractivity contribution in [3.05, 3.63) is 101 Å². The summed E-state index contributed by atoms with van der Waals surface area (Å²) in [5.41, 5.74) is 2.26. The lowest BCUT2D eigenvalue weighted by atomic mass is 9.90. The Labute approximate surface area is 180 Å². The molecule has 0 radical (unpaired) electrons. The minimum absolute atomic E-state index is 0.0983. The Kier molecular flexibility index (Phi) is 7.09. The number of hydrogen-bond acceptors (Lipinski definition) is 3. The normalized spacial score (nSPS) is 11.7. The zero-order chi connectivity index (χ0) is 21.5. The maximum absolute atomic E-state index is 13.2. The summed E-state index contributed by atoms with van der Waals surface area (Å²) in [6.07, 6.45) is 0.0983. The number of aliphatic carboxylic acids is 1. The van der Waals surface area contributed by atoms with Crippen LogP contribution in [0.15, 0.2) is 78.9 Å². The molecule has 0 spiro atoms. The SMILES string of the molecule is COc1ccc(C[C@H](NC(=O)C(c2ccccc2)c2ccccc2)C(=O)O)cc1Cl. The van der Waals surface area contributed by atoms with E-state index in [4.69, 9.17) is 16.3 Å². The molecule has 6 heteroatoms. The van der Waals surface area contributed by atoms with Gasteiger partial charge in [-0.15, -0.1) is 0 Å². The molecule has 0 bridgehead atoms. The molecule has 3 aromatic rings. The second-order valence-electron chi connectivity index (χ2n) is 6.83. The second kappa shape index (κ2) is 9.94. The Morgan fingerprint density at radius 2 is 1.53 bits per heavy atom. The average molecular weight is 424 g/mol. The Balaban J connectivity index is 1.85. The molecule has 0 aliphatic heterocycles. The van der Waals surface area contributed by atoms with Gasteiger partial charge in [0.1, 0.15) is 11.8 Å². The fourth-order valence-corrected chi connectivity index (χ4v) is 3.59. The van der Waals surface area contributed by atoms with Crippen LogP contribution in [0.4, 0.5) is 0 Å². The van der Waals surface area contributed by atoms with E-state index < -0.39 is 17.9 Å². The summed E-state index contributed by atoms with van der Waals surface area (Å²) in [4.78, 5) is 25.1. The number of carboxylic acids is 1. The highest BCUT2D eigenvalue weighted by atomic mass is 35.5. The van der Waals surface area contributed by atoms with E-state index in [1.165, 1.54) is 7.11 Å². The van der Waals surface area contributed by atoms with E-state index in [0.717, 1.165) is 11.1 Å². The smallest absolute Gasteiger partial charge is 0.326 e. The Bertz CT molecular complexity index is 969. The zero-order valence-corrected chi connectivity index (χ0v) is 17.2. The van der Waals surface area contributed by atoms with Gasteiger partial charge < -0.3 is 15.2 Å². The van der Waals surface area contributed by atoms with Gasteiger partial charge in [0.25, 0.3) is 0 Å². The number of carboxylic acid groups (broad SMARTS) is 1. The predicted octanol–water partition coefficient (Wildman–Crippen LogP) is 4.29. The van der Waals surface area contributed by atoms with Crippen LogP contribution in [0.5, 0.6) is 5.75 Å². The molecule has 0 fully saturated rings. The van der Waals surface area contributed by atoms with Gasteiger partial charge in [-0.05, 0) is 28.8 Å². The number of hydrogen-bond donors (Lipinski definition) is 2. The first kappa shape index (κ1) is 21.4. The molecular formula is C24H22ClNO4. The number of nitrogens with one attached hydrogen (secondary N) is 1. The molecule has 3 aromatic carbocycles. The van der Waals surface area contributed by atoms with Crippen LogP contribution in [-0.4, -0.2) is 30.1 Å². The van der Waals surface area contributed by atoms with Gasteiger partial charge in [-0.25, -0.2) is 4.79 Å².